The predicted molar refractivity (Wildman–Crippen MR) is 175 cm³/mol. The fourth-order valence-electron chi connectivity index (χ4n) is 5.91. The van der Waals surface area contributed by atoms with Gasteiger partial charge in [0.1, 0.15) is 23.1 Å². The van der Waals surface area contributed by atoms with E-state index in [1.54, 1.807) is 0 Å². The molecule has 4 rings (SSSR count). The van der Waals surface area contributed by atoms with Gasteiger partial charge in [-0.3, -0.25) is 0 Å². The van der Waals surface area contributed by atoms with E-state index < -0.39 is 24.0 Å². The highest BCUT2D eigenvalue weighted by atomic mass is 32.2. The average Bonchev–Trinajstić information content (AvgIpc) is 3.37. The highest BCUT2D eigenvalue weighted by Gasteiger charge is 2.38. The summed E-state index contributed by atoms with van der Waals surface area (Å²) in [6.45, 7) is 12.9. The number of thioether (sulfide) groups is 3. The molecule has 7 N–H and O–H groups in total. The van der Waals surface area contributed by atoms with E-state index in [2.05, 4.69) is 41.5 Å². The van der Waals surface area contributed by atoms with Gasteiger partial charge in [-0.1, -0.05) is 54.4 Å². The summed E-state index contributed by atoms with van der Waals surface area (Å²) in [7, 11) is 0. The summed E-state index contributed by atoms with van der Waals surface area (Å²) in [6.07, 6.45) is 3.27. The zero-order valence-corrected chi connectivity index (χ0v) is 29.3. The van der Waals surface area contributed by atoms with E-state index in [9.17, 15) is 14.7 Å². The maximum atomic E-state index is 12.1. The molecule has 0 amide bonds. The molecular formula is C30H56O11S3. The van der Waals surface area contributed by atoms with Crippen molar-refractivity contribution in [3.63, 3.8) is 0 Å². The summed E-state index contributed by atoms with van der Waals surface area (Å²) in [6, 6.07) is 0. The third-order valence-corrected chi connectivity index (χ3v) is 12.0. The highest BCUT2D eigenvalue weighted by molar-refractivity contribution is 8.06. The summed E-state index contributed by atoms with van der Waals surface area (Å²) in [4.78, 5) is 23.2. The summed E-state index contributed by atoms with van der Waals surface area (Å²) in [5, 5.41) is 44.4. The number of carbonyl (C=O) groups is 2. The molecule has 260 valence electrons. The SMILES string of the molecule is CC(C)[C@@H]1CC[C@@H](C)C[C@H]1OC(=O)C(O)O.CC(C)[C@@H]1CC[C@@H](C)C[C@H]1OC(=O)[C@H]1O[C@@H](O)CS1.O.OC1CSC(O)CS1. The number of hydrogen-bond donors (Lipinski definition) is 5. The van der Waals surface area contributed by atoms with Crippen LogP contribution in [0.15, 0.2) is 0 Å². The molecule has 14 heteroatoms. The van der Waals surface area contributed by atoms with Gasteiger partial charge in [0.15, 0.2) is 6.29 Å². The van der Waals surface area contributed by atoms with Gasteiger partial charge in [0, 0.05) is 17.3 Å². The minimum absolute atomic E-state index is 0. The van der Waals surface area contributed by atoms with E-state index >= 15 is 0 Å². The van der Waals surface area contributed by atoms with Gasteiger partial charge in [-0.15, -0.1) is 35.3 Å². The molecule has 0 aromatic carbocycles. The minimum atomic E-state index is -2.01. The quantitative estimate of drug-likeness (QED) is 0.202. The van der Waals surface area contributed by atoms with Gasteiger partial charge in [0.2, 0.25) is 5.44 Å². The number of ether oxygens (including phenoxy) is 3. The predicted octanol–water partition coefficient (Wildman–Crippen LogP) is 2.98. The molecule has 2 saturated carbocycles. The first-order valence-electron chi connectivity index (χ1n) is 15.5. The molecule has 11 nitrogen and oxygen atoms in total. The van der Waals surface area contributed by atoms with Crippen LogP contribution in [0.1, 0.15) is 80.1 Å². The second-order valence-electron chi connectivity index (χ2n) is 12.8. The van der Waals surface area contributed by atoms with Crippen LogP contribution in [0.2, 0.25) is 0 Å². The molecule has 44 heavy (non-hydrogen) atoms. The molecule has 2 aliphatic heterocycles. The molecule has 4 aliphatic rings. The van der Waals surface area contributed by atoms with Crippen molar-refractivity contribution in [2.45, 2.75) is 121 Å². The molecule has 0 radical (unpaired) electrons. The maximum Gasteiger partial charge on any atom is 0.363 e. The third-order valence-electron chi connectivity index (χ3n) is 8.39. The normalized spacial score (nSPS) is 35.5. The Bertz CT molecular complexity index is 816. The lowest BCUT2D eigenvalue weighted by atomic mass is 9.75. The van der Waals surface area contributed by atoms with Gasteiger partial charge < -0.3 is 45.2 Å². The lowest BCUT2D eigenvalue weighted by Gasteiger charge is -2.37. The topological polar surface area (TPSA) is 194 Å². The van der Waals surface area contributed by atoms with Crippen molar-refractivity contribution in [1.82, 2.24) is 0 Å². The fourth-order valence-corrected chi connectivity index (χ4v) is 8.74. The molecule has 2 aliphatic carbocycles. The van der Waals surface area contributed by atoms with Gasteiger partial charge in [-0.05, 0) is 61.2 Å². The summed E-state index contributed by atoms with van der Waals surface area (Å²) >= 11 is 4.13. The van der Waals surface area contributed by atoms with Crippen molar-refractivity contribution in [1.29, 1.82) is 0 Å². The molecule has 4 fully saturated rings. The lowest BCUT2D eigenvalue weighted by Crippen LogP contribution is -2.38. The van der Waals surface area contributed by atoms with Crippen LogP contribution in [0, 0.1) is 35.5 Å². The number of aliphatic hydroxyl groups is 5. The van der Waals surface area contributed by atoms with Crippen molar-refractivity contribution >= 4 is 47.2 Å². The molecule has 2 saturated heterocycles. The van der Waals surface area contributed by atoms with Crippen molar-refractivity contribution in [2.24, 2.45) is 35.5 Å². The van der Waals surface area contributed by atoms with Crippen molar-refractivity contribution in [3.05, 3.63) is 0 Å². The Kier molecular flexibility index (Phi) is 19.8. The van der Waals surface area contributed by atoms with Crippen LogP contribution in [-0.4, -0.2) is 101 Å². The Balaban J connectivity index is 0.000000351. The molecular weight excluding hydrogens is 633 g/mol. The number of carbonyl (C=O) groups excluding carboxylic acids is 2. The van der Waals surface area contributed by atoms with E-state index in [0.29, 0.717) is 52.8 Å². The van der Waals surface area contributed by atoms with Gasteiger partial charge in [-0.2, -0.15) is 0 Å². The highest BCUT2D eigenvalue weighted by Crippen LogP contribution is 2.37. The first kappa shape index (κ1) is 41.7. The number of rotatable bonds is 6. The van der Waals surface area contributed by atoms with Crippen LogP contribution in [0.3, 0.4) is 0 Å². The van der Waals surface area contributed by atoms with Crippen LogP contribution in [-0.2, 0) is 23.8 Å². The van der Waals surface area contributed by atoms with Gasteiger partial charge in [0.25, 0.3) is 6.29 Å². The van der Waals surface area contributed by atoms with E-state index in [1.807, 2.05) is 0 Å². The molecule has 2 unspecified atom stereocenters. The second-order valence-corrected chi connectivity index (χ2v) is 16.3. The first-order chi connectivity index (χ1) is 20.2. The molecule has 0 aromatic heterocycles. The third kappa shape index (κ3) is 14.6. The number of esters is 2. The maximum absolute atomic E-state index is 12.1. The average molecular weight is 689 g/mol. The van der Waals surface area contributed by atoms with Crippen LogP contribution >= 0.6 is 35.3 Å². The Morgan fingerprint density at radius 1 is 0.727 bits per heavy atom. The Morgan fingerprint density at radius 2 is 1.18 bits per heavy atom. The molecule has 0 spiro atoms. The number of aliphatic hydroxyl groups excluding tert-OH is 4. The van der Waals surface area contributed by atoms with E-state index in [1.165, 1.54) is 41.7 Å². The largest absolute Gasteiger partial charge is 0.459 e. The van der Waals surface area contributed by atoms with Crippen LogP contribution in [0.25, 0.3) is 0 Å². The summed E-state index contributed by atoms with van der Waals surface area (Å²) in [5.41, 5.74) is -1.17. The fraction of sp³-hybridized carbons (Fsp3) is 0.933. The first-order valence-corrected chi connectivity index (χ1v) is 18.6. The van der Waals surface area contributed by atoms with Gasteiger partial charge in [-0.25, -0.2) is 9.59 Å². The van der Waals surface area contributed by atoms with Crippen molar-refractivity contribution < 1.29 is 54.8 Å². The second kappa shape index (κ2) is 20.8. The summed E-state index contributed by atoms with van der Waals surface area (Å²) < 4.78 is 16.0. The molecule has 10 atom stereocenters. The van der Waals surface area contributed by atoms with Crippen molar-refractivity contribution in [2.75, 3.05) is 17.3 Å². The number of hydrogen-bond acceptors (Lipinski definition) is 13. The molecule has 2 heterocycles. The van der Waals surface area contributed by atoms with Crippen LogP contribution < -0.4 is 0 Å². The zero-order chi connectivity index (χ0) is 32.3. The Labute approximate surface area is 275 Å². The Hall–Kier alpha value is -0.290. The van der Waals surface area contributed by atoms with Crippen molar-refractivity contribution in [3.8, 4) is 0 Å². The van der Waals surface area contributed by atoms with Gasteiger partial charge in [0.05, 0.1) is 0 Å². The monoisotopic (exact) mass is 688 g/mol. The molecule has 0 aromatic rings. The van der Waals surface area contributed by atoms with Gasteiger partial charge >= 0.3 is 11.9 Å². The van der Waals surface area contributed by atoms with Crippen LogP contribution in [0.5, 0.6) is 0 Å². The van der Waals surface area contributed by atoms with E-state index in [-0.39, 0.29) is 34.5 Å². The Morgan fingerprint density at radius 3 is 1.55 bits per heavy atom. The minimum Gasteiger partial charge on any atom is -0.459 e. The zero-order valence-electron chi connectivity index (χ0n) is 26.9. The van der Waals surface area contributed by atoms with Crippen LogP contribution in [0.4, 0.5) is 0 Å². The lowest BCUT2D eigenvalue weighted by molar-refractivity contribution is -0.184. The standard InChI is InChI=1S/C14H24O4S.C12H22O4.C4H8O2S2.H2O/c1-8(2)10-5-4-9(3)6-11(10)17-13(16)14-18-12(15)7-19-14;1-7(2)9-5-4-8(3)6-10(9)16-12(15)11(13)14;5-3-1-7-4(6)2-8-3;/h8-12,14-15H,4-7H2,1-3H3;7-11,13-14H,4-6H2,1-3H3;3-6H,1-2H2;1H2/t9-,10+,11-,12-,14+;8-,9+,10-;;/m11../s1. The summed E-state index contributed by atoms with van der Waals surface area (Å²) in [5.74, 6) is 3.38. The smallest absolute Gasteiger partial charge is 0.363 e. The molecule has 0 bridgehead atoms. The van der Waals surface area contributed by atoms with E-state index in [0.717, 1.165) is 32.1 Å². The van der Waals surface area contributed by atoms with E-state index in [4.69, 9.17) is 34.6 Å².